The lowest BCUT2D eigenvalue weighted by Crippen LogP contribution is -2.22. The van der Waals surface area contributed by atoms with E-state index in [4.69, 9.17) is 18.9 Å². The van der Waals surface area contributed by atoms with Crippen LogP contribution >= 0.6 is 0 Å². The van der Waals surface area contributed by atoms with Gasteiger partial charge in [-0.15, -0.1) is 0 Å². The number of benzene rings is 1. The van der Waals surface area contributed by atoms with E-state index in [-0.39, 0.29) is 48.6 Å². The number of unbranched alkanes of at least 4 members (excludes halogenated alkanes) is 19. The Kier molecular flexibility index (Phi) is 35.7. The van der Waals surface area contributed by atoms with Gasteiger partial charge in [-0.05, 0) is 89.2 Å². The van der Waals surface area contributed by atoms with Crippen molar-refractivity contribution in [2.75, 3.05) is 13.2 Å². The molecule has 0 fully saturated rings. The Balaban J connectivity index is 2.54. The fraction of sp³-hybridized carbons (Fsp3) is 0.740. The first kappa shape index (κ1) is 54.3. The summed E-state index contributed by atoms with van der Waals surface area (Å²) in [5.41, 5.74) is -0.118. The molecule has 0 spiro atoms. The lowest BCUT2D eigenvalue weighted by atomic mass is 10.0. The van der Waals surface area contributed by atoms with Crippen LogP contribution in [0.4, 0.5) is 10.5 Å². The maximum absolute atomic E-state index is 13.0. The number of nitrogens with zero attached hydrogens (tertiary/aromatic N) is 1. The van der Waals surface area contributed by atoms with Gasteiger partial charge in [0, 0.05) is 30.9 Å². The predicted octanol–water partition coefficient (Wildman–Crippen LogP) is 15.1. The van der Waals surface area contributed by atoms with Crippen molar-refractivity contribution in [3.05, 3.63) is 58.7 Å². The van der Waals surface area contributed by atoms with Gasteiger partial charge < -0.3 is 18.9 Å². The first-order valence-corrected chi connectivity index (χ1v) is 24.0. The number of nitro benzene ring substituents is 1. The molecule has 0 aliphatic carbocycles. The van der Waals surface area contributed by atoms with Gasteiger partial charge in [0.1, 0.15) is 18.5 Å². The molecular formula is C50H83NO9. The minimum atomic E-state index is -0.948. The number of ether oxygens (including phenoxy) is 4. The van der Waals surface area contributed by atoms with E-state index in [2.05, 4.69) is 45.1 Å². The van der Waals surface area contributed by atoms with Crippen LogP contribution in [0.25, 0.3) is 0 Å². The Morgan fingerprint density at radius 3 is 1.63 bits per heavy atom. The van der Waals surface area contributed by atoms with E-state index in [1.54, 1.807) is 0 Å². The number of esters is 2. The summed E-state index contributed by atoms with van der Waals surface area (Å²) < 4.78 is 22.2. The first-order chi connectivity index (χ1) is 29.3. The lowest BCUT2D eigenvalue weighted by molar-refractivity contribution is -0.384. The first-order valence-electron chi connectivity index (χ1n) is 24.0. The molecule has 1 unspecified atom stereocenters. The lowest BCUT2D eigenvalue weighted by Gasteiger charge is -2.19. The molecule has 60 heavy (non-hydrogen) atoms. The van der Waals surface area contributed by atoms with Crippen LogP contribution in [0.3, 0.4) is 0 Å². The molecule has 1 rings (SSSR count). The van der Waals surface area contributed by atoms with Crippen molar-refractivity contribution in [3.63, 3.8) is 0 Å². The zero-order valence-corrected chi connectivity index (χ0v) is 38.0. The van der Waals surface area contributed by atoms with Crippen LogP contribution < -0.4 is 4.74 Å². The molecule has 0 aliphatic rings. The molecule has 0 aliphatic heterocycles. The van der Waals surface area contributed by atoms with Gasteiger partial charge in [-0.1, -0.05) is 148 Å². The number of carbonyl (C=O) groups excluding carboxylic acids is 3. The highest BCUT2D eigenvalue weighted by Gasteiger charge is 2.19. The van der Waals surface area contributed by atoms with Crippen LogP contribution in [0.5, 0.6) is 5.75 Å². The molecule has 0 saturated carbocycles. The second-order valence-corrected chi connectivity index (χ2v) is 16.4. The third-order valence-electron chi connectivity index (χ3n) is 10.8. The normalized spacial score (nSPS) is 12.0. The second-order valence-electron chi connectivity index (χ2n) is 16.4. The summed E-state index contributed by atoms with van der Waals surface area (Å²) >= 11 is 0. The number of nitro groups is 1. The van der Waals surface area contributed by atoms with Gasteiger partial charge in [0.2, 0.25) is 0 Å². The van der Waals surface area contributed by atoms with Crippen LogP contribution in [0.1, 0.15) is 213 Å². The summed E-state index contributed by atoms with van der Waals surface area (Å²) in [5.74, 6) is -0.604. The number of allylic oxidation sites excluding steroid dienone is 4. The summed E-state index contributed by atoms with van der Waals surface area (Å²) in [4.78, 5) is 48.5. The van der Waals surface area contributed by atoms with Gasteiger partial charge in [0.25, 0.3) is 5.69 Å². The van der Waals surface area contributed by atoms with Crippen molar-refractivity contribution in [2.45, 2.75) is 219 Å². The maximum Gasteiger partial charge on any atom is 0.513 e. The summed E-state index contributed by atoms with van der Waals surface area (Å²) in [5, 5.41) is 11.0. The van der Waals surface area contributed by atoms with Crippen molar-refractivity contribution >= 4 is 23.8 Å². The minimum Gasteiger partial charge on any atom is -0.465 e. The number of hydrogen-bond acceptors (Lipinski definition) is 9. The zero-order chi connectivity index (χ0) is 43.7. The van der Waals surface area contributed by atoms with Crippen molar-refractivity contribution in [2.24, 2.45) is 5.92 Å². The standard InChI is InChI=1S/C50H83NO9/c1-4-7-10-13-16-17-18-19-20-21-22-23-24-27-30-36-48(52)57-42-44(43-58-50(54)60-47-40-38-45(39-41-47)51(55)56)33-31-32-37-49(53)59-46(34-28-25-14-11-8-5-2)35-29-26-15-12-9-6-3/h16-17,19-20,38-41,44,46H,4-15,18,21-37,42-43H2,1-3H3/b17-16-,20-19-. The highest BCUT2D eigenvalue weighted by molar-refractivity contribution is 5.69. The Bertz CT molecular complexity index is 1260. The van der Waals surface area contributed by atoms with E-state index in [0.29, 0.717) is 32.1 Å². The molecule has 0 radical (unpaired) electrons. The van der Waals surface area contributed by atoms with Crippen LogP contribution in [0.15, 0.2) is 48.6 Å². The summed E-state index contributed by atoms with van der Waals surface area (Å²) in [6, 6.07) is 5.15. The molecule has 1 atom stereocenters. The van der Waals surface area contributed by atoms with Crippen molar-refractivity contribution < 1.29 is 38.3 Å². The molecule has 10 nitrogen and oxygen atoms in total. The average molecular weight is 842 g/mol. The van der Waals surface area contributed by atoms with Gasteiger partial charge in [-0.3, -0.25) is 19.7 Å². The molecule has 342 valence electrons. The van der Waals surface area contributed by atoms with Gasteiger partial charge >= 0.3 is 18.1 Å². The van der Waals surface area contributed by atoms with Crippen LogP contribution in [0.2, 0.25) is 0 Å². The average Bonchev–Trinajstić information content (AvgIpc) is 3.24. The quantitative estimate of drug-likeness (QED) is 0.0120. The second kappa shape index (κ2) is 39.4. The Hall–Kier alpha value is -3.69. The fourth-order valence-corrected chi connectivity index (χ4v) is 7.04. The van der Waals surface area contributed by atoms with E-state index < -0.39 is 11.1 Å². The Morgan fingerprint density at radius 2 is 1.03 bits per heavy atom. The molecule has 1 aromatic rings. The SMILES string of the molecule is CCCCC/C=C\C/C=C\CCCCCCCC(=O)OCC(CCCCC(=O)OC(CCCCCCCC)CCCCCCCC)COC(=O)Oc1ccc([N+](=O)[O-])cc1. The van der Waals surface area contributed by atoms with E-state index in [1.165, 1.54) is 114 Å². The summed E-state index contributed by atoms with van der Waals surface area (Å²) in [6.45, 7) is 6.73. The topological polar surface area (TPSA) is 131 Å². The molecule has 10 heteroatoms. The molecule has 0 saturated heterocycles. The fourth-order valence-electron chi connectivity index (χ4n) is 7.04. The van der Waals surface area contributed by atoms with Crippen molar-refractivity contribution in [3.8, 4) is 5.75 Å². The van der Waals surface area contributed by atoms with Crippen LogP contribution in [-0.4, -0.2) is 42.3 Å². The third kappa shape index (κ3) is 33.1. The monoisotopic (exact) mass is 842 g/mol. The van der Waals surface area contributed by atoms with Crippen LogP contribution in [-0.2, 0) is 23.8 Å². The number of hydrogen-bond donors (Lipinski definition) is 0. The van der Waals surface area contributed by atoms with E-state index >= 15 is 0 Å². The molecular weight excluding hydrogens is 759 g/mol. The van der Waals surface area contributed by atoms with Crippen molar-refractivity contribution in [1.82, 2.24) is 0 Å². The highest BCUT2D eigenvalue weighted by atomic mass is 16.7. The molecule has 0 heterocycles. The Labute approximate surface area is 364 Å². The largest absolute Gasteiger partial charge is 0.513 e. The van der Waals surface area contributed by atoms with Gasteiger partial charge in [0.15, 0.2) is 0 Å². The third-order valence-corrected chi connectivity index (χ3v) is 10.8. The van der Waals surface area contributed by atoms with E-state index in [9.17, 15) is 24.5 Å². The zero-order valence-electron chi connectivity index (χ0n) is 38.0. The molecule has 1 aromatic carbocycles. The Morgan fingerprint density at radius 1 is 0.567 bits per heavy atom. The smallest absolute Gasteiger partial charge is 0.465 e. The number of carbonyl (C=O) groups is 3. The van der Waals surface area contributed by atoms with E-state index in [1.807, 2.05) is 0 Å². The number of non-ortho nitro benzene ring substituents is 1. The van der Waals surface area contributed by atoms with Gasteiger partial charge in [-0.2, -0.15) is 0 Å². The highest BCUT2D eigenvalue weighted by Crippen LogP contribution is 2.21. The van der Waals surface area contributed by atoms with Gasteiger partial charge in [-0.25, -0.2) is 4.79 Å². The van der Waals surface area contributed by atoms with Crippen LogP contribution in [0, 0.1) is 16.0 Å². The minimum absolute atomic E-state index is 0.0308. The molecule has 0 bridgehead atoms. The molecule has 0 amide bonds. The predicted molar refractivity (Wildman–Crippen MR) is 243 cm³/mol. The van der Waals surface area contributed by atoms with E-state index in [0.717, 1.165) is 70.6 Å². The maximum atomic E-state index is 13.0. The van der Waals surface area contributed by atoms with Gasteiger partial charge in [0.05, 0.1) is 11.5 Å². The number of rotatable bonds is 40. The summed E-state index contributed by atoms with van der Waals surface area (Å²) in [7, 11) is 0. The summed E-state index contributed by atoms with van der Waals surface area (Å²) in [6.07, 6.45) is 39.1. The van der Waals surface area contributed by atoms with Crippen molar-refractivity contribution in [1.29, 1.82) is 0 Å². The molecule has 0 aromatic heterocycles. The molecule has 0 N–H and O–H groups in total.